The van der Waals surface area contributed by atoms with Crippen LogP contribution in [0, 0.1) is 0 Å². The van der Waals surface area contributed by atoms with Gasteiger partial charge in [0.25, 0.3) is 5.56 Å². The van der Waals surface area contributed by atoms with Gasteiger partial charge in [0, 0.05) is 30.3 Å². The minimum absolute atomic E-state index is 0.0922. The zero-order valence-corrected chi connectivity index (χ0v) is 9.57. The van der Waals surface area contributed by atoms with Crippen molar-refractivity contribution in [1.29, 1.82) is 0 Å². The third kappa shape index (κ3) is 2.25. The molecule has 0 radical (unpaired) electrons. The van der Waals surface area contributed by atoms with Crippen LogP contribution in [0.1, 0.15) is 12.6 Å². The molecule has 2 aromatic rings. The van der Waals surface area contributed by atoms with E-state index in [4.69, 9.17) is 0 Å². The van der Waals surface area contributed by atoms with E-state index in [1.807, 2.05) is 6.92 Å². The summed E-state index contributed by atoms with van der Waals surface area (Å²) in [5.41, 5.74) is 0.674. The molecule has 1 N–H and O–H groups in total. The van der Waals surface area contributed by atoms with Gasteiger partial charge in [0.1, 0.15) is 10.7 Å². The molecule has 16 heavy (non-hydrogen) atoms. The number of hydrogen-bond donors (Lipinski definition) is 1. The number of nitrogens with zero attached hydrogens (tertiary/aromatic N) is 4. The number of rotatable bonds is 4. The second-order valence-electron chi connectivity index (χ2n) is 3.13. The molecule has 0 unspecified atom stereocenters. The van der Waals surface area contributed by atoms with Crippen LogP contribution in [0.4, 0.5) is 5.00 Å². The fraction of sp³-hybridized carbons (Fsp3) is 0.333. The standard InChI is InChI=1S/C9H11N5OS/c1-2-11-9-7(12-13-16-9)5-14-6-10-4-3-8(14)15/h3-4,6,11H,2,5H2,1H3. The molecule has 0 saturated carbocycles. The molecule has 0 aliphatic rings. The van der Waals surface area contributed by atoms with Gasteiger partial charge in [-0.05, 0) is 6.92 Å². The maximum absolute atomic E-state index is 11.5. The largest absolute Gasteiger partial charge is 0.374 e. The van der Waals surface area contributed by atoms with Gasteiger partial charge in [0.05, 0.1) is 12.9 Å². The van der Waals surface area contributed by atoms with Crippen molar-refractivity contribution in [3.63, 3.8) is 0 Å². The lowest BCUT2D eigenvalue weighted by molar-refractivity contribution is 0.716. The Bertz CT molecular complexity index is 520. The summed E-state index contributed by atoms with van der Waals surface area (Å²) in [7, 11) is 0. The van der Waals surface area contributed by atoms with E-state index in [0.717, 1.165) is 17.2 Å². The molecule has 0 bridgehead atoms. The van der Waals surface area contributed by atoms with E-state index in [1.165, 1.54) is 34.7 Å². The second-order valence-corrected chi connectivity index (χ2v) is 3.88. The van der Waals surface area contributed by atoms with Gasteiger partial charge >= 0.3 is 0 Å². The van der Waals surface area contributed by atoms with Crippen LogP contribution in [0.3, 0.4) is 0 Å². The average molecular weight is 237 g/mol. The third-order valence-electron chi connectivity index (χ3n) is 2.01. The van der Waals surface area contributed by atoms with E-state index >= 15 is 0 Å². The molecule has 0 atom stereocenters. The Balaban J connectivity index is 2.24. The molecule has 2 aromatic heterocycles. The molecule has 2 heterocycles. The Hall–Kier alpha value is -1.76. The molecular weight excluding hydrogens is 226 g/mol. The fourth-order valence-corrected chi connectivity index (χ4v) is 1.91. The zero-order chi connectivity index (χ0) is 11.4. The van der Waals surface area contributed by atoms with Gasteiger partial charge in [-0.1, -0.05) is 4.49 Å². The first kappa shape index (κ1) is 10.7. The summed E-state index contributed by atoms with van der Waals surface area (Å²) in [6.07, 6.45) is 2.97. The highest BCUT2D eigenvalue weighted by molar-refractivity contribution is 7.10. The summed E-state index contributed by atoms with van der Waals surface area (Å²) in [6, 6.07) is 1.42. The number of anilines is 1. The summed E-state index contributed by atoms with van der Waals surface area (Å²) >= 11 is 1.29. The predicted octanol–water partition coefficient (Wildman–Crippen LogP) is 0.575. The van der Waals surface area contributed by atoms with Gasteiger partial charge in [0.15, 0.2) is 0 Å². The molecule has 0 spiro atoms. The lowest BCUT2D eigenvalue weighted by Gasteiger charge is -2.03. The van der Waals surface area contributed by atoms with Gasteiger partial charge in [-0.25, -0.2) is 4.98 Å². The van der Waals surface area contributed by atoms with Crippen LogP contribution in [0.15, 0.2) is 23.4 Å². The summed E-state index contributed by atoms with van der Waals surface area (Å²) in [6.45, 7) is 3.20. The van der Waals surface area contributed by atoms with Crippen LogP contribution in [-0.2, 0) is 6.54 Å². The maximum Gasteiger partial charge on any atom is 0.253 e. The van der Waals surface area contributed by atoms with Crippen LogP contribution in [-0.4, -0.2) is 25.7 Å². The van der Waals surface area contributed by atoms with E-state index in [0.29, 0.717) is 6.54 Å². The highest BCUT2D eigenvalue weighted by Gasteiger charge is 2.08. The molecule has 0 amide bonds. The number of hydrogen-bond acceptors (Lipinski definition) is 6. The lowest BCUT2D eigenvalue weighted by Crippen LogP contribution is -2.20. The topological polar surface area (TPSA) is 72.7 Å². The van der Waals surface area contributed by atoms with Crippen molar-refractivity contribution in [3.8, 4) is 0 Å². The molecule has 0 aliphatic carbocycles. The van der Waals surface area contributed by atoms with Crippen LogP contribution in [0.5, 0.6) is 0 Å². The average Bonchev–Trinajstić information content (AvgIpc) is 2.70. The third-order valence-corrected chi connectivity index (χ3v) is 2.73. The summed E-state index contributed by atoms with van der Waals surface area (Å²) in [5, 5.41) is 8.04. The Morgan fingerprint density at radius 1 is 1.56 bits per heavy atom. The molecule has 84 valence electrons. The van der Waals surface area contributed by atoms with Crippen molar-refractivity contribution in [1.82, 2.24) is 19.1 Å². The van der Waals surface area contributed by atoms with Gasteiger partial charge in [-0.15, -0.1) is 5.10 Å². The molecule has 7 heteroatoms. The Labute approximate surface area is 96.1 Å². The van der Waals surface area contributed by atoms with E-state index in [-0.39, 0.29) is 5.56 Å². The van der Waals surface area contributed by atoms with E-state index in [2.05, 4.69) is 19.9 Å². The monoisotopic (exact) mass is 237 g/mol. The second kappa shape index (κ2) is 4.84. The Morgan fingerprint density at radius 3 is 3.19 bits per heavy atom. The van der Waals surface area contributed by atoms with Crippen molar-refractivity contribution in [2.75, 3.05) is 11.9 Å². The normalized spacial score (nSPS) is 10.3. The molecule has 2 rings (SSSR count). The Kier molecular flexibility index (Phi) is 3.25. The number of aromatic nitrogens is 4. The quantitative estimate of drug-likeness (QED) is 0.841. The van der Waals surface area contributed by atoms with E-state index in [1.54, 1.807) is 0 Å². The molecule has 6 nitrogen and oxygen atoms in total. The highest BCUT2D eigenvalue weighted by atomic mass is 32.1. The molecule has 0 aromatic carbocycles. The molecule has 0 aliphatic heterocycles. The van der Waals surface area contributed by atoms with Crippen molar-refractivity contribution in [2.45, 2.75) is 13.5 Å². The molecule has 0 fully saturated rings. The van der Waals surface area contributed by atoms with Crippen LogP contribution >= 0.6 is 11.5 Å². The van der Waals surface area contributed by atoms with Crippen LogP contribution < -0.4 is 10.9 Å². The smallest absolute Gasteiger partial charge is 0.253 e. The summed E-state index contributed by atoms with van der Waals surface area (Å²) in [4.78, 5) is 15.4. The van der Waals surface area contributed by atoms with E-state index in [9.17, 15) is 4.79 Å². The van der Waals surface area contributed by atoms with Gasteiger partial charge in [0.2, 0.25) is 0 Å². The van der Waals surface area contributed by atoms with Gasteiger partial charge in [-0.3, -0.25) is 9.36 Å². The van der Waals surface area contributed by atoms with Gasteiger partial charge in [-0.2, -0.15) is 0 Å². The van der Waals surface area contributed by atoms with Crippen LogP contribution in [0.2, 0.25) is 0 Å². The highest BCUT2D eigenvalue weighted by Crippen LogP contribution is 2.17. The summed E-state index contributed by atoms with van der Waals surface area (Å²) < 4.78 is 5.36. The van der Waals surface area contributed by atoms with Crippen molar-refractivity contribution in [3.05, 3.63) is 34.6 Å². The van der Waals surface area contributed by atoms with Gasteiger partial charge < -0.3 is 5.32 Å². The molecular formula is C9H11N5OS. The van der Waals surface area contributed by atoms with E-state index < -0.39 is 0 Å². The zero-order valence-electron chi connectivity index (χ0n) is 8.75. The number of nitrogens with one attached hydrogen (secondary N) is 1. The van der Waals surface area contributed by atoms with Crippen LogP contribution in [0.25, 0.3) is 0 Å². The fourth-order valence-electron chi connectivity index (χ4n) is 1.27. The first-order valence-corrected chi connectivity index (χ1v) is 5.64. The lowest BCUT2D eigenvalue weighted by atomic mass is 10.4. The Morgan fingerprint density at radius 2 is 2.44 bits per heavy atom. The van der Waals surface area contributed by atoms with Crippen molar-refractivity contribution >= 4 is 16.5 Å². The van der Waals surface area contributed by atoms with Crippen molar-refractivity contribution in [2.24, 2.45) is 0 Å². The SMILES string of the molecule is CCNc1snnc1Cn1cnccc1=O. The first-order chi connectivity index (χ1) is 7.81. The summed E-state index contributed by atoms with van der Waals surface area (Å²) in [5.74, 6) is 0. The predicted molar refractivity (Wildman–Crippen MR) is 61.7 cm³/mol. The first-order valence-electron chi connectivity index (χ1n) is 4.87. The molecule has 0 saturated heterocycles. The van der Waals surface area contributed by atoms with Crippen molar-refractivity contribution < 1.29 is 0 Å². The minimum Gasteiger partial charge on any atom is -0.374 e. The maximum atomic E-state index is 11.5. The minimum atomic E-state index is -0.0922.